The Morgan fingerprint density at radius 1 is 1.15 bits per heavy atom. The molecule has 106 valence electrons. The Bertz CT molecular complexity index is 613. The Morgan fingerprint density at radius 2 is 1.90 bits per heavy atom. The van der Waals surface area contributed by atoms with Crippen molar-refractivity contribution < 1.29 is 9.47 Å². The van der Waals surface area contributed by atoms with Gasteiger partial charge in [-0.15, -0.1) is 11.3 Å². The van der Waals surface area contributed by atoms with Crippen LogP contribution in [0.25, 0.3) is 11.3 Å². The summed E-state index contributed by atoms with van der Waals surface area (Å²) in [6.07, 6.45) is 1.00. The third kappa shape index (κ3) is 2.96. The van der Waals surface area contributed by atoms with Gasteiger partial charge in [0.25, 0.3) is 0 Å². The van der Waals surface area contributed by atoms with Crippen molar-refractivity contribution in [1.29, 1.82) is 0 Å². The number of nitrogens with zero attached hydrogens (tertiary/aromatic N) is 1. The SMILES string of the molecule is CC(C)(C)Cc1nc(-c2ccc3c(c2)OCCO3)cs1. The standard InChI is InChI=1S/C16H19NO2S/c1-16(2,3)9-15-17-12(10-20-15)11-4-5-13-14(8-11)19-7-6-18-13/h4-5,8,10H,6-7,9H2,1-3H3. The number of aromatic nitrogens is 1. The number of rotatable bonds is 2. The second-order valence-corrected chi connectivity index (χ2v) is 7.17. The minimum absolute atomic E-state index is 0.266. The molecule has 3 rings (SSSR count). The predicted octanol–water partition coefficient (Wildman–Crippen LogP) is 4.17. The summed E-state index contributed by atoms with van der Waals surface area (Å²) in [5.41, 5.74) is 2.37. The average molecular weight is 289 g/mol. The maximum atomic E-state index is 5.62. The molecule has 1 aromatic heterocycles. The molecule has 2 aromatic rings. The van der Waals surface area contributed by atoms with E-state index >= 15 is 0 Å². The van der Waals surface area contributed by atoms with E-state index < -0.39 is 0 Å². The molecule has 4 heteroatoms. The van der Waals surface area contributed by atoms with Crippen LogP contribution < -0.4 is 9.47 Å². The zero-order valence-corrected chi connectivity index (χ0v) is 12.9. The molecule has 0 spiro atoms. The van der Waals surface area contributed by atoms with E-state index in [1.165, 1.54) is 5.01 Å². The van der Waals surface area contributed by atoms with Gasteiger partial charge < -0.3 is 9.47 Å². The zero-order valence-electron chi connectivity index (χ0n) is 12.1. The molecule has 0 radical (unpaired) electrons. The van der Waals surface area contributed by atoms with E-state index in [4.69, 9.17) is 14.5 Å². The van der Waals surface area contributed by atoms with Gasteiger partial charge in [0, 0.05) is 17.4 Å². The molecule has 20 heavy (non-hydrogen) atoms. The van der Waals surface area contributed by atoms with Crippen molar-refractivity contribution in [2.45, 2.75) is 27.2 Å². The summed E-state index contributed by atoms with van der Waals surface area (Å²) < 4.78 is 11.2. The van der Waals surface area contributed by atoms with Gasteiger partial charge in [-0.1, -0.05) is 20.8 Å². The molecule has 1 aliphatic rings. The van der Waals surface area contributed by atoms with Gasteiger partial charge in [0.2, 0.25) is 0 Å². The second-order valence-electron chi connectivity index (χ2n) is 6.22. The van der Waals surface area contributed by atoms with Crippen LogP contribution in [0.2, 0.25) is 0 Å². The largest absolute Gasteiger partial charge is 0.486 e. The first-order valence-electron chi connectivity index (χ1n) is 6.86. The quantitative estimate of drug-likeness (QED) is 0.831. The lowest BCUT2D eigenvalue weighted by Crippen LogP contribution is -2.15. The molecule has 0 atom stereocenters. The highest BCUT2D eigenvalue weighted by molar-refractivity contribution is 7.09. The van der Waals surface area contributed by atoms with E-state index in [0.29, 0.717) is 13.2 Å². The second kappa shape index (κ2) is 5.09. The third-order valence-electron chi connectivity index (χ3n) is 3.07. The molecule has 0 bridgehead atoms. The van der Waals surface area contributed by atoms with Crippen LogP contribution in [0.5, 0.6) is 11.5 Å². The van der Waals surface area contributed by atoms with Gasteiger partial charge in [-0.3, -0.25) is 0 Å². The van der Waals surface area contributed by atoms with Crippen molar-refractivity contribution in [3.63, 3.8) is 0 Å². The fourth-order valence-corrected chi connectivity index (χ4v) is 3.28. The van der Waals surface area contributed by atoms with Gasteiger partial charge in [-0.05, 0) is 23.6 Å². The number of benzene rings is 1. The van der Waals surface area contributed by atoms with Crippen LogP contribution in [-0.2, 0) is 6.42 Å². The maximum absolute atomic E-state index is 5.62. The van der Waals surface area contributed by atoms with E-state index in [-0.39, 0.29) is 5.41 Å². The van der Waals surface area contributed by atoms with E-state index in [9.17, 15) is 0 Å². The summed E-state index contributed by atoms with van der Waals surface area (Å²) in [4.78, 5) is 4.74. The Morgan fingerprint density at radius 3 is 2.65 bits per heavy atom. The van der Waals surface area contributed by atoms with Gasteiger partial charge >= 0.3 is 0 Å². The van der Waals surface area contributed by atoms with Gasteiger partial charge in [0.15, 0.2) is 11.5 Å². The summed E-state index contributed by atoms with van der Waals surface area (Å²) in [5.74, 6) is 1.64. The van der Waals surface area contributed by atoms with Crippen molar-refractivity contribution in [3.05, 3.63) is 28.6 Å². The van der Waals surface area contributed by atoms with E-state index in [0.717, 1.165) is 29.2 Å². The fourth-order valence-electron chi connectivity index (χ4n) is 2.18. The highest BCUT2D eigenvalue weighted by Crippen LogP contribution is 2.35. The number of hydrogen-bond donors (Lipinski definition) is 0. The fraction of sp³-hybridized carbons (Fsp3) is 0.438. The minimum atomic E-state index is 0.266. The number of hydrogen-bond acceptors (Lipinski definition) is 4. The van der Waals surface area contributed by atoms with Crippen LogP contribution in [0.3, 0.4) is 0 Å². The van der Waals surface area contributed by atoms with Crippen LogP contribution in [0.1, 0.15) is 25.8 Å². The summed E-state index contributed by atoms with van der Waals surface area (Å²) in [5, 5.41) is 3.30. The molecule has 2 heterocycles. The molecule has 0 unspecified atom stereocenters. The number of ether oxygens (including phenoxy) is 2. The lowest BCUT2D eigenvalue weighted by molar-refractivity contribution is 0.171. The molecule has 3 nitrogen and oxygen atoms in total. The zero-order chi connectivity index (χ0) is 14.2. The molecular formula is C16H19NO2S. The van der Waals surface area contributed by atoms with Crippen molar-refractivity contribution in [2.24, 2.45) is 5.41 Å². The topological polar surface area (TPSA) is 31.4 Å². The highest BCUT2D eigenvalue weighted by Gasteiger charge is 2.16. The summed E-state index contributed by atoms with van der Waals surface area (Å²) >= 11 is 1.73. The molecule has 0 aliphatic carbocycles. The molecular weight excluding hydrogens is 270 g/mol. The van der Waals surface area contributed by atoms with Crippen molar-refractivity contribution in [2.75, 3.05) is 13.2 Å². The van der Waals surface area contributed by atoms with E-state index in [1.54, 1.807) is 11.3 Å². The maximum Gasteiger partial charge on any atom is 0.162 e. The summed E-state index contributed by atoms with van der Waals surface area (Å²) in [7, 11) is 0. The molecule has 0 N–H and O–H groups in total. The van der Waals surface area contributed by atoms with Crippen LogP contribution >= 0.6 is 11.3 Å². The monoisotopic (exact) mass is 289 g/mol. The van der Waals surface area contributed by atoms with Crippen LogP contribution in [0.4, 0.5) is 0 Å². The first kappa shape index (κ1) is 13.4. The number of thiazole rings is 1. The van der Waals surface area contributed by atoms with Crippen LogP contribution in [-0.4, -0.2) is 18.2 Å². The molecule has 0 saturated carbocycles. The van der Waals surface area contributed by atoms with Gasteiger partial charge in [-0.2, -0.15) is 0 Å². The van der Waals surface area contributed by atoms with Crippen molar-refractivity contribution in [3.8, 4) is 22.8 Å². The van der Waals surface area contributed by atoms with E-state index in [2.05, 4.69) is 26.2 Å². The minimum Gasteiger partial charge on any atom is -0.486 e. The van der Waals surface area contributed by atoms with Gasteiger partial charge in [0.1, 0.15) is 13.2 Å². The Balaban J connectivity index is 1.86. The normalized spacial score (nSPS) is 14.3. The Kier molecular flexibility index (Phi) is 3.42. The first-order chi connectivity index (χ1) is 9.51. The predicted molar refractivity (Wildman–Crippen MR) is 81.7 cm³/mol. The van der Waals surface area contributed by atoms with Gasteiger partial charge in [-0.25, -0.2) is 4.98 Å². The third-order valence-corrected chi connectivity index (χ3v) is 3.92. The number of fused-ring (bicyclic) bond motifs is 1. The lowest BCUT2D eigenvalue weighted by Gasteiger charge is -2.18. The Hall–Kier alpha value is -1.55. The molecule has 0 saturated heterocycles. The van der Waals surface area contributed by atoms with Crippen molar-refractivity contribution in [1.82, 2.24) is 4.98 Å². The average Bonchev–Trinajstić information content (AvgIpc) is 2.84. The summed E-state index contributed by atoms with van der Waals surface area (Å²) in [6.45, 7) is 7.94. The molecule has 0 amide bonds. The van der Waals surface area contributed by atoms with Crippen LogP contribution in [0, 0.1) is 5.41 Å². The van der Waals surface area contributed by atoms with Gasteiger partial charge in [0.05, 0.1) is 10.7 Å². The molecule has 0 fully saturated rings. The summed E-state index contributed by atoms with van der Waals surface area (Å²) in [6, 6.07) is 6.03. The smallest absolute Gasteiger partial charge is 0.162 e. The molecule has 1 aromatic carbocycles. The Labute approximate surface area is 123 Å². The first-order valence-corrected chi connectivity index (χ1v) is 7.74. The molecule has 1 aliphatic heterocycles. The van der Waals surface area contributed by atoms with Crippen molar-refractivity contribution >= 4 is 11.3 Å². The van der Waals surface area contributed by atoms with Crippen LogP contribution in [0.15, 0.2) is 23.6 Å². The lowest BCUT2D eigenvalue weighted by atomic mass is 9.93. The van der Waals surface area contributed by atoms with E-state index in [1.807, 2.05) is 18.2 Å². The highest BCUT2D eigenvalue weighted by atomic mass is 32.1.